The minimum Gasteiger partial charge on any atom is -0.489 e. The number of nitrogens with one attached hydrogen (secondary N) is 1. The number of amides is 1. The summed E-state index contributed by atoms with van der Waals surface area (Å²) >= 11 is 6.26. The van der Waals surface area contributed by atoms with E-state index in [0.29, 0.717) is 47.8 Å². The summed E-state index contributed by atoms with van der Waals surface area (Å²) in [6.45, 7) is 1.46. The highest BCUT2D eigenvalue weighted by molar-refractivity contribution is 6.32. The van der Waals surface area contributed by atoms with Crippen LogP contribution in [-0.4, -0.2) is 24.1 Å². The molecule has 0 atom stereocenters. The molecule has 0 bridgehead atoms. The summed E-state index contributed by atoms with van der Waals surface area (Å²) in [4.78, 5) is 16.4. The van der Waals surface area contributed by atoms with E-state index in [9.17, 15) is 4.79 Å². The summed E-state index contributed by atoms with van der Waals surface area (Å²) in [6.07, 6.45) is 3.73. The van der Waals surface area contributed by atoms with Gasteiger partial charge < -0.3 is 19.2 Å². The van der Waals surface area contributed by atoms with E-state index < -0.39 is 0 Å². The SMILES string of the molecule is O=C(/C=C/c1nc2ccccc2o1)NCc1cc(Cl)c2c(c1)OCCCO2. The molecule has 27 heavy (non-hydrogen) atoms. The summed E-state index contributed by atoms with van der Waals surface area (Å²) in [5.74, 6) is 1.27. The summed E-state index contributed by atoms with van der Waals surface area (Å²) < 4.78 is 16.8. The Morgan fingerprint density at radius 2 is 2.07 bits per heavy atom. The first-order chi connectivity index (χ1) is 13.2. The fourth-order valence-electron chi connectivity index (χ4n) is 2.74. The molecular weight excluding hydrogens is 368 g/mol. The maximum Gasteiger partial charge on any atom is 0.244 e. The Morgan fingerprint density at radius 3 is 2.96 bits per heavy atom. The third-order valence-electron chi connectivity index (χ3n) is 4.02. The van der Waals surface area contributed by atoms with Crippen molar-refractivity contribution in [1.29, 1.82) is 0 Å². The number of ether oxygens (including phenoxy) is 2. The highest BCUT2D eigenvalue weighted by atomic mass is 35.5. The molecule has 0 spiro atoms. The second-order valence-corrected chi connectivity index (χ2v) is 6.43. The molecule has 6 nitrogen and oxygen atoms in total. The number of hydrogen-bond acceptors (Lipinski definition) is 5. The first-order valence-corrected chi connectivity index (χ1v) is 8.96. The number of aromatic nitrogens is 1. The van der Waals surface area contributed by atoms with Gasteiger partial charge in [-0.1, -0.05) is 23.7 Å². The molecule has 0 saturated carbocycles. The average molecular weight is 385 g/mol. The summed E-state index contributed by atoms with van der Waals surface area (Å²) in [5.41, 5.74) is 2.26. The van der Waals surface area contributed by atoms with Gasteiger partial charge in [-0.3, -0.25) is 4.79 Å². The van der Waals surface area contributed by atoms with Gasteiger partial charge in [0.05, 0.1) is 18.2 Å². The fraction of sp³-hybridized carbons (Fsp3) is 0.200. The van der Waals surface area contributed by atoms with Crippen molar-refractivity contribution in [2.75, 3.05) is 13.2 Å². The van der Waals surface area contributed by atoms with Crippen molar-refractivity contribution < 1.29 is 18.7 Å². The lowest BCUT2D eigenvalue weighted by Gasteiger charge is -2.11. The van der Waals surface area contributed by atoms with Gasteiger partial charge in [0.25, 0.3) is 0 Å². The molecule has 0 unspecified atom stereocenters. The van der Waals surface area contributed by atoms with Gasteiger partial charge in [0.2, 0.25) is 11.8 Å². The number of fused-ring (bicyclic) bond motifs is 2. The predicted molar refractivity (Wildman–Crippen MR) is 102 cm³/mol. The first-order valence-electron chi connectivity index (χ1n) is 8.58. The molecule has 0 aliphatic carbocycles. The lowest BCUT2D eigenvalue weighted by Crippen LogP contribution is -2.20. The van der Waals surface area contributed by atoms with Gasteiger partial charge in [0, 0.05) is 25.1 Å². The Bertz CT molecular complexity index is 979. The van der Waals surface area contributed by atoms with Crippen LogP contribution in [0.3, 0.4) is 0 Å². The van der Waals surface area contributed by atoms with Crippen molar-refractivity contribution in [2.45, 2.75) is 13.0 Å². The van der Waals surface area contributed by atoms with Crippen LogP contribution in [-0.2, 0) is 11.3 Å². The molecule has 7 heteroatoms. The Kier molecular flexibility index (Phi) is 4.98. The second kappa shape index (κ2) is 7.72. The van der Waals surface area contributed by atoms with Crippen molar-refractivity contribution in [1.82, 2.24) is 10.3 Å². The molecular formula is C20H17ClN2O4. The number of hydrogen-bond donors (Lipinski definition) is 1. The van der Waals surface area contributed by atoms with Crippen molar-refractivity contribution in [2.24, 2.45) is 0 Å². The molecule has 1 aliphatic heterocycles. The quantitative estimate of drug-likeness (QED) is 0.689. The standard InChI is InChI=1S/C20H17ClN2O4/c21-14-10-13(11-17-20(14)26-9-3-8-25-17)12-22-18(24)6-7-19-23-15-4-1-2-5-16(15)27-19/h1-2,4-7,10-11H,3,8-9,12H2,(H,22,24)/b7-6+. The summed E-state index contributed by atoms with van der Waals surface area (Å²) in [6, 6.07) is 11.0. The Balaban J connectivity index is 1.40. The van der Waals surface area contributed by atoms with Crippen molar-refractivity contribution in [3.8, 4) is 11.5 Å². The van der Waals surface area contributed by atoms with Crippen LogP contribution in [0.25, 0.3) is 17.2 Å². The molecule has 3 aromatic rings. The lowest BCUT2D eigenvalue weighted by molar-refractivity contribution is -0.116. The number of oxazole rings is 1. The van der Waals surface area contributed by atoms with Crippen molar-refractivity contribution >= 4 is 34.7 Å². The number of carbonyl (C=O) groups is 1. The molecule has 1 aromatic heterocycles. The van der Waals surface area contributed by atoms with Crippen LogP contribution in [0.5, 0.6) is 11.5 Å². The van der Waals surface area contributed by atoms with Crippen LogP contribution < -0.4 is 14.8 Å². The molecule has 0 fully saturated rings. The number of rotatable bonds is 4. The van der Waals surface area contributed by atoms with Crippen LogP contribution in [0.1, 0.15) is 17.9 Å². The molecule has 2 heterocycles. The normalized spacial score (nSPS) is 13.7. The minimum absolute atomic E-state index is 0.263. The number of halogens is 1. The van der Waals surface area contributed by atoms with E-state index in [1.807, 2.05) is 30.3 Å². The number of benzene rings is 2. The van der Waals surface area contributed by atoms with Gasteiger partial charge in [-0.05, 0) is 29.8 Å². The van der Waals surface area contributed by atoms with Gasteiger partial charge in [-0.2, -0.15) is 0 Å². The van der Waals surface area contributed by atoms with Crippen LogP contribution >= 0.6 is 11.6 Å². The van der Waals surface area contributed by atoms with Crippen LogP contribution in [0, 0.1) is 0 Å². The third kappa shape index (κ3) is 4.06. The first kappa shape index (κ1) is 17.4. The van der Waals surface area contributed by atoms with Crippen LogP contribution in [0.15, 0.2) is 46.9 Å². The number of para-hydroxylation sites is 2. The zero-order valence-corrected chi connectivity index (χ0v) is 15.2. The zero-order chi connectivity index (χ0) is 18.6. The molecule has 1 N–H and O–H groups in total. The van der Waals surface area contributed by atoms with E-state index in [0.717, 1.165) is 17.5 Å². The largest absolute Gasteiger partial charge is 0.489 e. The van der Waals surface area contributed by atoms with E-state index in [2.05, 4.69) is 10.3 Å². The molecule has 1 aliphatic rings. The van der Waals surface area contributed by atoms with Gasteiger partial charge in [-0.25, -0.2) is 4.98 Å². The number of carbonyl (C=O) groups excluding carboxylic acids is 1. The molecule has 0 radical (unpaired) electrons. The van der Waals surface area contributed by atoms with Gasteiger partial charge in [0.15, 0.2) is 17.1 Å². The van der Waals surface area contributed by atoms with E-state index in [1.54, 1.807) is 6.07 Å². The Hall–Kier alpha value is -2.99. The lowest BCUT2D eigenvalue weighted by atomic mass is 10.2. The maximum absolute atomic E-state index is 12.1. The van der Waals surface area contributed by atoms with Gasteiger partial charge in [-0.15, -0.1) is 0 Å². The molecule has 4 rings (SSSR count). The fourth-order valence-corrected chi connectivity index (χ4v) is 3.03. The van der Waals surface area contributed by atoms with Crippen LogP contribution in [0.2, 0.25) is 5.02 Å². The van der Waals surface area contributed by atoms with E-state index in [1.165, 1.54) is 12.2 Å². The smallest absolute Gasteiger partial charge is 0.244 e. The summed E-state index contributed by atoms with van der Waals surface area (Å²) in [5, 5.41) is 3.28. The maximum atomic E-state index is 12.1. The molecule has 1 amide bonds. The topological polar surface area (TPSA) is 73.6 Å². The van der Waals surface area contributed by atoms with Crippen molar-refractivity contribution in [3.63, 3.8) is 0 Å². The van der Waals surface area contributed by atoms with E-state index in [-0.39, 0.29) is 5.91 Å². The third-order valence-corrected chi connectivity index (χ3v) is 4.30. The predicted octanol–water partition coefficient (Wildman–Crippen LogP) is 3.97. The zero-order valence-electron chi connectivity index (χ0n) is 14.4. The monoisotopic (exact) mass is 384 g/mol. The van der Waals surface area contributed by atoms with Crippen molar-refractivity contribution in [3.05, 3.63) is 59.0 Å². The van der Waals surface area contributed by atoms with Crippen LogP contribution in [0.4, 0.5) is 0 Å². The Morgan fingerprint density at radius 1 is 1.22 bits per heavy atom. The molecule has 0 saturated heterocycles. The highest BCUT2D eigenvalue weighted by Gasteiger charge is 2.15. The average Bonchev–Trinajstić information content (AvgIpc) is 2.93. The summed E-state index contributed by atoms with van der Waals surface area (Å²) in [7, 11) is 0. The van der Waals surface area contributed by atoms with Gasteiger partial charge >= 0.3 is 0 Å². The van der Waals surface area contributed by atoms with E-state index in [4.69, 9.17) is 25.5 Å². The van der Waals surface area contributed by atoms with E-state index >= 15 is 0 Å². The minimum atomic E-state index is -0.263. The molecule has 2 aromatic carbocycles. The Labute approximate surface area is 160 Å². The van der Waals surface area contributed by atoms with Gasteiger partial charge in [0.1, 0.15) is 5.52 Å². The number of nitrogens with zero attached hydrogens (tertiary/aromatic N) is 1. The highest BCUT2D eigenvalue weighted by Crippen LogP contribution is 2.37. The molecule has 138 valence electrons. The second-order valence-electron chi connectivity index (χ2n) is 6.03.